The van der Waals surface area contributed by atoms with Crippen molar-refractivity contribution in [2.24, 2.45) is 0 Å². The molecule has 0 saturated heterocycles. The summed E-state index contributed by atoms with van der Waals surface area (Å²) in [5, 5.41) is 9.57. The summed E-state index contributed by atoms with van der Waals surface area (Å²) in [4.78, 5) is 16.4. The minimum Gasteiger partial charge on any atom is -0.481 e. The Bertz CT molecular complexity index is 797. The van der Waals surface area contributed by atoms with Crippen molar-refractivity contribution in [2.45, 2.75) is 11.7 Å². The third-order valence-electron chi connectivity index (χ3n) is 2.89. The van der Waals surface area contributed by atoms with E-state index in [1.54, 1.807) is 0 Å². The number of benzene rings is 1. The predicted octanol–water partition coefficient (Wildman–Crippen LogP) is 3.98. The number of halogens is 1. The van der Waals surface area contributed by atoms with Crippen LogP contribution < -0.4 is 0 Å². The molecule has 0 spiro atoms. The van der Waals surface area contributed by atoms with Crippen molar-refractivity contribution in [3.05, 3.63) is 45.6 Å². The number of hydrogen-bond acceptors (Lipinski definition) is 4. The molecule has 3 rings (SSSR count). The second-order valence-corrected chi connectivity index (χ2v) is 7.10. The Morgan fingerprint density at radius 3 is 2.86 bits per heavy atom. The molecule has 0 radical (unpaired) electrons. The third kappa shape index (κ3) is 3.23. The Kier molecular flexibility index (Phi) is 4.19. The number of nitrogens with zero attached hydrogens (tertiary/aromatic N) is 2. The van der Waals surface area contributed by atoms with E-state index in [0.717, 1.165) is 20.2 Å². The van der Waals surface area contributed by atoms with E-state index in [2.05, 4.69) is 4.98 Å². The van der Waals surface area contributed by atoms with Crippen LogP contribution in [0.3, 0.4) is 0 Å². The molecule has 2 aromatic heterocycles. The summed E-state index contributed by atoms with van der Waals surface area (Å²) in [7, 11) is 0. The first-order valence-corrected chi connectivity index (χ1v) is 8.35. The first-order valence-electron chi connectivity index (χ1n) is 6.17. The maximum Gasteiger partial charge on any atom is 0.313 e. The summed E-state index contributed by atoms with van der Waals surface area (Å²) < 4.78 is 2.78. The molecule has 1 N–H and O–H groups in total. The lowest BCUT2D eigenvalue weighted by Gasteiger charge is -2.06. The van der Waals surface area contributed by atoms with Gasteiger partial charge < -0.3 is 9.67 Å². The van der Waals surface area contributed by atoms with Crippen molar-refractivity contribution >= 4 is 51.7 Å². The first-order chi connectivity index (χ1) is 10.1. The van der Waals surface area contributed by atoms with E-state index in [9.17, 15) is 4.79 Å². The third-order valence-corrected chi connectivity index (χ3v) is 5.06. The molecular weight excluding hydrogens is 328 g/mol. The number of carboxylic acids is 1. The molecule has 108 valence electrons. The van der Waals surface area contributed by atoms with E-state index >= 15 is 0 Å². The zero-order valence-corrected chi connectivity index (χ0v) is 13.2. The molecule has 7 heteroatoms. The van der Waals surface area contributed by atoms with Gasteiger partial charge in [-0.2, -0.15) is 0 Å². The van der Waals surface area contributed by atoms with Gasteiger partial charge in [0.25, 0.3) is 0 Å². The standard InChI is InChI=1S/C14H11ClN2O2S2/c15-12-6-5-9(21-12)7-17-11-4-2-1-3-10(11)16-14(17)20-8-13(18)19/h1-6H,7-8H2,(H,18,19). The van der Waals surface area contributed by atoms with E-state index < -0.39 is 5.97 Å². The maximum atomic E-state index is 10.8. The summed E-state index contributed by atoms with van der Waals surface area (Å²) in [6.07, 6.45) is 0. The molecule has 0 bridgehead atoms. The van der Waals surface area contributed by atoms with Gasteiger partial charge in [-0.3, -0.25) is 4.79 Å². The van der Waals surface area contributed by atoms with Gasteiger partial charge in [0, 0.05) is 4.88 Å². The number of hydrogen-bond donors (Lipinski definition) is 1. The fourth-order valence-electron chi connectivity index (χ4n) is 2.04. The molecule has 3 aromatic rings. The molecule has 1 aromatic carbocycles. The van der Waals surface area contributed by atoms with Gasteiger partial charge in [0.05, 0.1) is 27.7 Å². The number of thiophene rings is 1. The smallest absolute Gasteiger partial charge is 0.313 e. The van der Waals surface area contributed by atoms with Gasteiger partial charge in [-0.1, -0.05) is 35.5 Å². The molecule has 4 nitrogen and oxygen atoms in total. The normalized spacial score (nSPS) is 11.1. The number of imidazole rings is 1. The van der Waals surface area contributed by atoms with Crippen LogP contribution in [0.15, 0.2) is 41.6 Å². The number of aliphatic carboxylic acids is 1. The largest absolute Gasteiger partial charge is 0.481 e. The Balaban J connectivity index is 2.00. The monoisotopic (exact) mass is 338 g/mol. The van der Waals surface area contributed by atoms with Gasteiger partial charge in [-0.15, -0.1) is 11.3 Å². The highest BCUT2D eigenvalue weighted by atomic mass is 35.5. The number of fused-ring (bicyclic) bond motifs is 1. The Labute approximate surface area is 134 Å². The predicted molar refractivity (Wildman–Crippen MR) is 86.5 cm³/mol. The van der Waals surface area contributed by atoms with Crippen molar-refractivity contribution in [2.75, 3.05) is 5.75 Å². The fraction of sp³-hybridized carbons (Fsp3) is 0.143. The molecule has 0 fully saturated rings. The quantitative estimate of drug-likeness (QED) is 0.715. The van der Waals surface area contributed by atoms with Crippen molar-refractivity contribution in [1.82, 2.24) is 9.55 Å². The van der Waals surface area contributed by atoms with Crippen LogP contribution in [0.4, 0.5) is 0 Å². The van der Waals surface area contributed by atoms with E-state index in [1.165, 1.54) is 23.1 Å². The number of rotatable bonds is 5. The minimum absolute atomic E-state index is 0.00544. The molecule has 21 heavy (non-hydrogen) atoms. The molecule has 0 aliphatic rings. The van der Waals surface area contributed by atoms with E-state index in [0.29, 0.717) is 11.7 Å². The van der Waals surface area contributed by atoms with E-state index in [4.69, 9.17) is 16.7 Å². The molecule has 2 heterocycles. The van der Waals surface area contributed by atoms with Crippen LogP contribution in [0.5, 0.6) is 0 Å². The number of aromatic nitrogens is 2. The minimum atomic E-state index is -0.849. The summed E-state index contributed by atoms with van der Waals surface area (Å²) in [5.41, 5.74) is 1.86. The van der Waals surface area contributed by atoms with Gasteiger partial charge >= 0.3 is 5.97 Å². The molecule has 0 aliphatic heterocycles. The van der Waals surface area contributed by atoms with Gasteiger partial charge in [0.15, 0.2) is 5.16 Å². The lowest BCUT2D eigenvalue weighted by molar-refractivity contribution is -0.133. The fourth-order valence-corrected chi connectivity index (χ4v) is 3.85. The Hall–Kier alpha value is -1.50. The molecule has 0 atom stereocenters. The molecular formula is C14H11ClN2O2S2. The summed E-state index contributed by atoms with van der Waals surface area (Å²) in [5.74, 6) is -0.855. The topological polar surface area (TPSA) is 55.1 Å². The van der Waals surface area contributed by atoms with E-state index in [1.807, 2.05) is 41.0 Å². The zero-order chi connectivity index (χ0) is 14.8. The number of carboxylic acid groups (broad SMARTS) is 1. The highest BCUT2D eigenvalue weighted by Crippen LogP contribution is 2.28. The summed E-state index contributed by atoms with van der Waals surface area (Å²) in [6.45, 7) is 0.639. The van der Waals surface area contributed by atoms with Crippen LogP contribution in [0.2, 0.25) is 4.34 Å². The SMILES string of the molecule is O=C(O)CSc1nc2ccccc2n1Cc1ccc(Cl)s1. The molecule has 0 amide bonds. The Morgan fingerprint density at radius 1 is 1.33 bits per heavy atom. The van der Waals surface area contributed by atoms with Crippen molar-refractivity contribution < 1.29 is 9.90 Å². The number of carbonyl (C=O) groups is 1. The number of thioether (sulfide) groups is 1. The second-order valence-electron chi connectivity index (χ2n) is 4.36. The van der Waals surface area contributed by atoms with Crippen molar-refractivity contribution in [3.8, 4) is 0 Å². The van der Waals surface area contributed by atoms with Gasteiger partial charge in [-0.05, 0) is 24.3 Å². The highest BCUT2D eigenvalue weighted by molar-refractivity contribution is 7.99. The van der Waals surface area contributed by atoms with Crippen LogP contribution >= 0.6 is 34.7 Å². The lowest BCUT2D eigenvalue weighted by atomic mass is 10.3. The summed E-state index contributed by atoms with van der Waals surface area (Å²) >= 11 is 8.72. The zero-order valence-electron chi connectivity index (χ0n) is 10.8. The van der Waals surface area contributed by atoms with Crippen LogP contribution in [0.25, 0.3) is 11.0 Å². The maximum absolute atomic E-state index is 10.8. The number of para-hydroxylation sites is 2. The lowest BCUT2D eigenvalue weighted by Crippen LogP contribution is -2.03. The second kappa shape index (κ2) is 6.09. The van der Waals surface area contributed by atoms with Gasteiger partial charge in [-0.25, -0.2) is 4.98 Å². The molecule has 0 aliphatic carbocycles. The van der Waals surface area contributed by atoms with Crippen LogP contribution in [0, 0.1) is 0 Å². The average molecular weight is 339 g/mol. The first kappa shape index (κ1) is 14.4. The van der Waals surface area contributed by atoms with Crippen LogP contribution in [-0.2, 0) is 11.3 Å². The highest BCUT2D eigenvalue weighted by Gasteiger charge is 2.13. The van der Waals surface area contributed by atoms with Gasteiger partial charge in [0.1, 0.15) is 0 Å². The summed E-state index contributed by atoms with van der Waals surface area (Å²) in [6, 6.07) is 11.6. The van der Waals surface area contributed by atoms with Crippen LogP contribution in [-0.4, -0.2) is 26.4 Å². The average Bonchev–Trinajstić information content (AvgIpc) is 3.01. The van der Waals surface area contributed by atoms with E-state index in [-0.39, 0.29) is 5.75 Å². The van der Waals surface area contributed by atoms with Crippen LogP contribution in [0.1, 0.15) is 4.88 Å². The van der Waals surface area contributed by atoms with Crippen molar-refractivity contribution in [1.29, 1.82) is 0 Å². The molecule has 0 saturated carbocycles. The van der Waals surface area contributed by atoms with Gasteiger partial charge in [0.2, 0.25) is 0 Å². The Morgan fingerprint density at radius 2 is 2.14 bits per heavy atom. The molecule has 0 unspecified atom stereocenters. The van der Waals surface area contributed by atoms with Crippen molar-refractivity contribution in [3.63, 3.8) is 0 Å².